The Morgan fingerprint density at radius 1 is 1.18 bits per heavy atom. The lowest BCUT2D eigenvalue weighted by Crippen LogP contribution is -2.24. The molecule has 0 saturated carbocycles. The van der Waals surface area contributed by atoms with Gasteiger partial charge < -0.3 is 23.4 Å². The van der Waals surface area contributed by atoms with Crippen LogP contribution < -0.4 is 10.3 Å². The summed E-state index contributed by atoms with van der Waals surface area (Å²) >= 11 is 2.45. The third-order valence-electron chi connectivity index (χ3n) is 6.03. The van der Waals surface area contributed by atoms with Crippen LogP contribution in [0.1, 0.15) is 56.3 Å². The molecule has 1 aromatic carbocycles. The summed E-state index contributed by atoms with van der Waals surface area (Å²) in [5, 5.41) is 0.809. The molecule has 1 aliphatic heterocycles. The summed E-state index contributed by atoms with van der Waals surface area (Å²) in [6.07, 6.45) is 1.54. The van der Waals surface area contributed by atoms with Gasteiger partial charge in [0.25, 0.3) is 5.56 Å². The number of carbonyl (C=O) groups excluding carboxylic acids is 2. The number of furan rings is 1. The van der Waals surface area contributed by atoms with E-state index in [1.54, 1.807) is 51.3 Å². The number of hydrogen-bond donors (Lipinski definition) is 0. The molecule has 12 heteroatoms. The summed E-state index contributed by atoms with van der Waals surface area (Å²) in [7, 11) is 0. The average molecular weight is 571 g/mol. The molecule has 0 amide bonds. The molecule has 0 radical (unpaired) electrons. The van der Waals surface area contributed by atoms with Crippen LogP contribution in [0, 0.1) is 6.92 Å². The number of esters is 2. The fraction of sp³-hybridized carbons (Fsp3) is 0.333. The number of aryl methyl sites for hydroxylation is 1. The van der Waals surface area contributed by atoms with Crippen molar-refractivity contribution >= 4 is 45.3 Å². The maximum absolute atomic E-state index is 13.8. The van der Waals surface area contributed by atoms with Crippen LogP contribution in [0.25, 0.3) is 10.2 Å². The van der Waals surface area contributed by atoms with E-state index >= 15 is 0 Å². The zero-order chi connectivity index (χ0) is 27.5. The van der Waals surface area contributed by atoms with Crippen molar-refractivity contribution < 1.29 is 33.0 Å². The molecule has 0 atom stereocenters. The summed E-state index contributed by atoms with van der Waals surface area (Å²) in [5.74, 6) is 0.652. The van der Waals surface area contributed by atoms with Gasteiger partial charge in [0.2, 0.25) is 0 Å². The molecular weight excluding hydrogens is 544 g/mol. The highest BCUT2D eigenvalue weighted by Crippen LogP contribution is 2.35. The topological polar surface area (TPSA) is 119 Å². The van der Waals surface area contributed by atoms with Crippen LogP contribution in [0.2, 0.25) is 0 Å². The first-order valence-electron chi connectivity index (χ1n) is 12.3. The lowest BCUT2D eigenvalue weighted by molar-refractivity contribution is -0.0169. The van der Waals surface area contributed by atoms with Crippen molar-refractivity contribution in [3.63, 3.8) is 0 Å². The van der Waals surface area contributed by atoms with Crippen molar-refractivity contribution in [2.45, 2.75) is 44.8 Å². The Morgan fingerprint density at radius 2 is 1.97 bits per heavy atom. The second kappa shape index (κ2) is 11.6. The minimum Gasteiger partial charge on any atom is -0.467 e. The number of thiophene rings is 1. The van der Waals surface area contributed by atoms with Gasteiger partial charge in [-0.3, -0.25) is 9.36 Å². The molecule has 0 bridgehead atoms. The number of rotatable bonds is 9. The van der Waals surface area contributed by atoms with Crippen molar-refractivity contribution in [3.8, 4) is 5.75 Å². The first-order chi connectivity index (χ1) is 18.9. The Labute approximate surface area is 231 Å². The first-order valence-corrected chi connectivity index (χ1v) is 14.1. The fourth-order valence-electron chi connectivity index (χ4n) is 4.28. The average Bonchev–Trinajstić information content (AvgIpc) is 3.57. The van der Waals surface area contributed by atoms with E-state index in [9.17, 15) is 14.4 Å². The van der Waals surface area contributed by atoms with Gasteiger partial charge in [0, 0.05) is 16.9 Å². The molecule has 4 aromatic rings. The highest BCUT2D eigenvalue weighted by Gasteiger charge is 2.24. The summed E-state index contributed by atoms with van der Waals surface area (Å²) in [4.78, 5) is 44.4. The summed E-state index contributed by atoms with van der Waals surface area (Å²) in [5.41, 5.74) is 2.14. The number of fused-ring (bicyclic) bond motifs is 2. The smallest absolute Gasteiger partial charge is 0.348 e. The van der Waals surface area contributed by atoms with E-state index in [0.29, 0.717) is 55.2 Å². The molecule has 3 aromatic heterocycles. The molecular formula is C27H26N2O8S2. The number of nitrogens with zero attached hydrogens (tertiary/aromatic N) is 2. The predicted molar refractivity (Wildman–Crippen MR) is 145 cm³/mol. The van der Waals surface area contributed by atoms with Crippen LogP contribution in [0.3, 0.4) is 0 Å². The monoisotopic (exact) mass is 570 g/mol. The lowest BCUT2D eigenvalue weighted by Gasteiger charge is -2.22. The van der Waals surface area contributed by atoms with Crippen LogP contribution >= 0.6 is 23.1 Å². The molecule has 5 rings (SSSR count). The Kier molecular flexibility index (Phi) is 8.05. The van der Waals surface area contributed by atoms with Crippen LogP contribution in [0.15, 0.2) is 44.9 Å². The van der Waals surface area contributed by atoms with E-state index in [0.717, 1.165) is 22.5 Å². The molecule has 0 unspecified atom stereocenters. The van der Waals surface area contributed by atoms with Crippen LogP contribution in [0.5, 0.6) is 5.75 Å². The lowest BCUT2D eigenvalue weighted by atomic mass is 10.0. The second-order valence-corrected chi connectivity index (χ2v) is 10.5. The largest absolute Gasteiger partial charge is 0.467 e. The molecule has 0 N–H and O–H groups in total. The van der Waals surface area contributed by atoms with E-state index in [-0.39, 0.29) is 32.1 Å². The Balaban J connectivity index is 1.57. The van der Waals surface area contributed by atoms with E-state index in [4.69, 9.17) is 28.3 Å². The van der Waals surface area contributed by atoms with Crippen molar-refractivity contribution in [3.05, 3.63) is 73.8 Å². The number of hydrogen-bond acceptors (Lipinski definition) is 11. The molecule has 10 nitrogen and oxygen atoms in total. The van der Waals surface area contributed by atoms with Gasteiger partial charge in [-0.15, -0.1) is 11.3 Å². The third-order valence-corrected chi connectivity index (χ3v) is 8.22. The molecule has 0 saturated heterocycles. The maximum Gasteiger partial charge on any atom is 0.348 e. The van der Waals surface area contributed by atoms with Gasteiger partial charge in [0.1, 0.15) is 21.2 Å². The van der Waals surface area contributed by atoms with Gasteiger partial charge in [0.05, 0.1) is 43.6 Å². The minimum absolute atomic E-state index is 0.0991. The third kappa shape index (κ3) is 5.45. The van der Waals surface area contributed by atoms with Gasteiger partial charge in [-0.1, -0.05) is 11.8 Å². The molecule has 204 valence electrons. The van der Waals surface area contributed by atoms with Gasteiger partial charge >= 0.3 is 11.9 Å². The number of thioether (sulfide) groups is 1. The van der Waals surface area contributed by atoms with Crippen molar-refractivity contribution in [2.75, 3.05) is 20.0 Å². The van der Waals surface area contributed by atoms with Crippen molar-refractivity contribution in [2.24, 2.45) is 0 Å². The van der Waals surface area contributed by atoms with Crippen LogP contribution in [0.4, 0.5) is 0 Å². The van der Waals surface area contributed by atoms with Crippen molar-refractivity contribution in [1.29, 1.82) is 0 Å². The molecule has 1 aliphatic rings. The second-order valence-electron chi connectivity index (χ2n) is 8.57. The quantitative estimate of drug-likeness (QED) is 0.156. The van der Waals surface area contributed by atoms with E-state index in [2.05, 4.69) is 0 Å². The minimum atomic E-state index is -0.481. The summed E-state index contributed by atoms with van der Waals surface area (Å²) in [6, 6.07) is 6.98. The van der Waals surface area contributed by atoms with Gasteiger partial charge in [0.15, 0.2) is 11.9 Å². The number of aromatic nitrogens is 2. The molecule has 0 aliphatic carbocycles. The zero-order valence-electron chi connectivity index (χ0n) is 21.6. The van der Waals surface area contributed by atoms with E-state index in [1.165, 1.54) is 16.3 Å². The number of benzene rings is 1. The Hall–Kier alpha value is -3.61. The molecule has 39 heavy (non-hydrogen) atoms. The standard InChI is InChI=1S/C27H26N2O8S2/c1-4-34-25(31)16-9-17-12-33-14-37-21(17)18(10-16)13-38-27-28-23-20(15(3)22(39-23)26(32)35-5-2)24(30)29(27)11-19-7-6-8-36-19/h6-10H,4-5,11-14H2,1-3H3. The number of ether oxygens (including phenoxy) is 4. The fourth-order valence-corrected chi connectivity index (χ4v) is 6.36. The maximum atomic E-state index is 13.8. The van der Waals surface area contributed by atoms with Gasteiger partial charge in [-0.25, -0.2) is 14.6 Å². The SMILES string of the molecule is CCOC(=O)c1cc2c(c(CSc3nc4sc(C(=O)OCC)c(C)c4c(=O)n3Cc3ccco3)c1)OCOC2. The van der Waals surface area contributed by atoms with Crippen LogP contribution in [-0.2, 0) is 33.1 Å². The van der Waals surface area contributed by atoms with Crippen molar-refractivity contribution in [1.82, 2.24) is 9.55 Å². The Bertz CT molecular complexity index is 1590. The summed E-state index contributed by atoms with van der Waals surface area (Å²) < 4.78 is 28.6. The predicted octanol–water partition coefficient (Wildman–Crippen LogP) is 4.92. The Morgan fingerprint density at radius 3 is 2.72 bits per heavy atom. The van der Waals surface area contributed by atoms with Crippen LogP contribution in [-0.4, -0.2) is 41.5 Å². The van der Waals surface area contributed by atoms with Gasteiger partial charge in [-0.05, 0) is 50.6 Å². The molecule has 0 spiro atoms. The zero-order valence-corrected chi connectivity index (χ0v) is 23.2. The van der Waals surface area contributed by atoms with Gasteiger partial charge in [-0.2, -0.15) is 0 Å². The molecule has 4 heterocycles. The van der Waals surface area contributed by atoms with E-state index in [1.807, 2.05) is 0 Å². The highest BCUT2D eigenvalue weighted by atomic mass is 32.2. The number of carbonyl (C=O) groups is 2. The van der Waals surface area contributed by atoms with E-state index < -0.39 is 11.9 Å². The highest BCUT2D eigenvalue weighted by molar-refractivity contribution is 7.98. The molecule has 0 fully saturated rings. The first kappa shape index (κ1) is 27.0. The normalized spacial score (nSPS) is 12.7. The summed E-state index contributed by atoms with van der Waals surface area (Å²) in [6.45, 7) is 6.25.